The minimum Gasteiger partial charge on any atom is -0.476 e. The summed E-state index contributed by atoms with van der Waals surface area (Å²) in [4.78, 5) is 29.2. The molecule has 0 saturated carbocycles. The number of aromatic nitrogens is 3. The molecule has 0 fully saturated rings. The molecule has 7 heteroatoms. The molecule has 96 valence electrons. The quantitative estimate of drug-likeness (QED) is 0.691. The van der Waals surface area contributed by atoms with Crippen LogP contribution in [-0.4, -0.2) is 25.4 Å². The van der Waals surface area contributed by atoms with Gasteiger partial charge in [0.1, 0.15) is 5.82 Å². The van der Waals surface area contributed by atoms with E-state index in [-0.39, 0.29) is 17.0 Å². The van der Waals surface area contributed by atoms with E-state index in [1.165, 1.54) is 29.5 Å². The van der Waals surface area contributed by atoms with E-state index in [1.807, 2.05) is 0 Å². The molecule has 0 atom stereocenters. The number of aryl methyl sites for hydroxylation is 1. The lowest BCUT2D eigenvalue weighted by atomic mass is 10.2. The fourth-order valence-corrected chi connectivity index (χ4v) is 2.12. The monoisotopic (exact) mass is 261 g/mol. The molecule has 0 aliphatic heterocycles. The summed E-state index contributed by atoms with van der Waals surface area (Å²) in [5.74, 6) is -1.71. The number of benzene rings is 1. The number of carbonyl (C=O) groups is 1. The van der Waals surface area contributed by atoms with Crippen LogP contribution >= 0.6 is 0 Å². The Hall–Kier alpha value is -2.70. The zero-order chi connectivity index (χ0) is 13.7. The van der Waals surface area contributed by atoms with Crippen molar-refractivity contribution in [1.82, 2.24) is 14.4 Å². The second-order valence-corrected chi connectivity index (χ2v) is 4.13. The Morgan fingerprint density at radius 1 is 1.47 bits per heavy atom. The van der Waals surface area contributed by atoms with E-state index >= 15 is 0 Å². The van der Waals surface area contributed by atoms with Crippen LogP contribution in [0.4, 0.5) is 4.39 Å². The highest BCUT2D eigenvalue weighted by Crippen LogP contribution is 2.17. The molecule has 2 heterocycles. The molecule has 1 aromatic carbocycles. The summed E-state index contributed by atoms with van der Waals surface area (Å²) < 4.78 is 14.7. The number of aromatic amines is 1. The maximum Gasteiger partial charge on any atom is 0.356 e. The summed E-state index contributed by atoms with van der Waals surface area (Å²) in [6.07, 6.45) is 0. The van der Waals surface area contributed by atoms with Crippen molar-refractivity contribution in [3.63, 3.8) is 0 Å². The Balaban J connectivity index is 2.62. The Kier molecular flexibility index (Phi) is 2.19. The Labute approximate surface area is 105 Å². The molecule has 0 amide bonds. The number of hydrogen-bond acceptors (Lipinski definition) is 3. The summed E-state index contributed by atoms with van der Waals surface area (Å²) >= 11 is 0. The zero-order valence-electron chi connectivity index (χ0n) is 9.77. The summed E-state index contributed by atoms with van der Waals surface area (Å²) in [6, 6.07) is 3.86. The van der Waals surface area contributed by atoms with Gasteiger partial charge in [-0.25, -0.2) is 14.2 Å². The van der Waals surface area contributed by atoms with Gasteiger partial charge in [-0.15, -0.1) is 0 Å². The molecule has 3 aromatic rings. The van der Waals surface area contributed by atoms with E-state index in [0.29, 0.717) is 11.0 Å². The second kappa shape index (κ2) is 3.64. The number of rotatable bonds is 1. The van der Waals surface area contributed by atoms with Crippen LogP contribution < -0.4 is 5.56 Å². The molecule has 0 bridgehead atoms. The highest BCUT2D eigenvalue weighted by atomic mass is 19.1. The van der Waals surface area contributed by atoms with Gasteiger partial charge in [0.2, 0.25) is 5.65 Å². The third kappa shape index (κ3) is 1.51. The van der Waals surface area contributed by atoms with E-state index in [4.69, 9.17) is 5.11 Å². The van der Waals surface area contributed by atoms with Crippen LogP contribution in [0.5, 0.6) is 0 Å². The van der Waals surface area contributed by atoms with Crippen molar-refractivity contribution in [2.75, 3.05) is 0 Å². The first-order valence-corrected chi connectivity index (χ1v) is 5.43. The van der Waals surface area contributed by atoms with Gasteiger partial charge in [-0.05, 0) is 19.1 Å². The lowest BCUT2D eigenvalue weighted by Crippen LogP contribution is -2.11. The average molecular weight is 261 g/mol. The van der Waals surface area contributed by atoms with Crippen LogP contribution in [0.25, 0.3) is 16.7 Å². The topological polar surface area (TPSA) is 87.5 Å². The minimum atomic E-state index is -1.23. The van der Waals surface area contributed by atoms with Crippen LogP contribution in [0, 0.1) is 12.7 Å². The van der Waals surface area contributed by atoms with Crippen molar-refractivity contribution in [3.8, 4) is 0 Å². The first-order chi connectivity index (χ1) is 8.99. The first kappa shape index (κ1) is 11.4. The largest absolute Gasteiger partial charge is 0.476 e. The van der Waals surface area contributed by atoms with Crippen LogP contribution in [-0.2, 0) is 0 Å². The third-order valence-electron chi connectivity index (χ3n) is 2.96. The molecule has 0 unspecified atom stereocenters. The van der Waals surface area contributed by atoms with Gasteiger partial charge >= 0.3 is 5.97 Å². The number of halogens is 1. The van der Waals surface area contributed by atoms with E-state index in [1.54, 1.807) is 0 Å². The number of fused-ring (bicyclic) bond motifs is 3. The number of aromatic carboxylic acids is 1. The number of H-pyrrole nitrogens is 1. The maximum absolute atomic E-state index is 13.3. The van der Waals surface area contributed by atoms with E-state index in [2.05, 4.69) is 9.97 Å². The van der Waals surface area contributed by atoms with Gasteiger partial charge in [0, 0.05) is 6.07 Å². The lowest BCUT2D eigenvalue weighted by molar-refractivity contribution is 0.0690. The third-order valence-corrected chi connectivity index (χ3v) is 2.96. The number of nitrogens with zero attached hydrogens (tertiary/aromatic N) is 2. The van der Waals surface area contributed by atoms with Gasteiger partial charge in [-0.2, -0.15) is 0 Å². The molecular formula is C12H8FN3O3. The fourth-order valence-electron chi connectivity index (χ4n) is 2.12. The number of imidazole rings is 1. The van der Waals surface area contributed by atoms with E-state index in [0.717, 1.165) is 0 Å². The summed E-state index contributed by atoms with van der Waals surface area (Å²) in [5, 5.41) is 9.02. The summed E-state index contributed by atoms with van der Waals surface area (Å²) in [7, 11) is 0. The Morgan fingerprint density at radius 3 is 2.89 bits per heavy atom. The van der Waals surface area contributed by atoms with Gasteiger partial charge in [-0.3, -0.25) is 9.20 Å². The molecule has 0 saturated heterocycles. The van der Waals surface area contributed by atoms with Crippen LogP contribution in [0.1, 0.15) is 16.2 Å². The highest BCUT2D eigenvalue weighted by molar-refractivity contribution is 5.89. The second-order valence-electron chi connectivity index (χ2n) is 4.13. The van der Waals surface area contributed by atoms with E-state index < -0.39 is 17.3 Å². The fraction of sp³-hybridized carbons (Fsp3) is 0.0833. The predicted octanol–water partition coefficient (Wildman–Crippen LogP) is 1.32. The molecular weight excluding hydrogens is 253 g/mol. The van der Waals surface area contributed by atoms with Crippen molar-refractivity contribution in [3.05, 3.63) is 45.8 Å². The van der Waals surface area contributed by atoms with Crippen molar-refractivity contribution < 1.29 is 14.3 Å². The van der Waals surface area contributed by atoms with Crippen molar-refractivity contribution in [2.45, 2.75) is 6.92 Å². The molecule has 0 spiro atoms. The van der Waals surface area contributed by atoms with Crippen LogP contribution in [0.2, 0.25) is 0 Å². The van der Waals surface area contributed by atoms with Gasteiger partial charge in [0.05, 0.1) is 16.7 Å². The molecule has 6 nitrogen and oxygen atoms in total. The summed E-state index contributed by atoms with van der Waals surface area (Å²) in [5.41, 5.74) is 0.262. The molecule has 0 aliphatic rings. The van der Waals surface area contributed by atoms with Gasteiger partial charge in [-0.1, -0.05) is 0 Å². The standard InChI is InChI=1S/C12H8FN3O3/c1-5-9(12(18)19)15-10-11(17)14-7-3-2-6(13)4-8(7)16(5)10/h2-4H,1H3,(H,14,17)(H,18,19). The first-order valence-electron chi connectivity index (χ1n) is 5.43. The molecule has 0 radical (unpaired) electrons. The normalized spacial score (nSPS) is 11.3. The lowest BCUT2D eigenvalue weighted by Gasteiger charge is -2.03. The van der Waals surface area contributed by atoms with Crippen molar-refractivity contribution in [2.24, 2.45) is 0 Å². The number of carboxylic acid groups (broad SMARTS) is 1. The molecule has 2 aromatic heterocycles. The smallest absolute Gasteiger partial charge is 0.356 e. The average Bonchev–Trinajstić information content (AvgIpc) is 2.69. The highest BCUT2D eigenvalue weighted by Gasteiger charge is 2.18. The predicted molar refractivity (Wildman–Crippen MR) is 65.0 cm³/mol. The summed E-state index contributed by atoms with van der Waals surface area (Å²) in [6.45, 7) is 1.52. The number of nitrogens with one attached hydrogen (secondary N) is 1. The van der Waals surface area contributed by atoms with Gasteiger partial charge in [0.15, 0.2) is 5.69 Å². The Bertz CT molecular complexity index is 894. The number of carboxylic acids is 1. The molecule has 3 rings (SSSR count). The maximum atomic E-state index is 13.3. The van der Waals surface area contributed by atoms with Crippen molar-refractivity contribution in [1.29, 1.82) is 0 Å². The van der Waals surface area contributed by atoms with Crippen LogP contribution in [0.15, 0.2) is 23.0 Å². The zero-order valence-corrected chi connectivity index (χ0v) is 9.77. The molecule has 2 N–H and O–H groups in total. The van der Waals surface area contributed by atoms with Crippen LogP contribution in [0.3, 0.4) is 0 Å². The minimum absolute atomic E-state index is 0.0620. The SMILES string of the molecule is Cc1c(C(=O)O)nc2c(=O)[nH]c3ccc(F)cc3n12. The molecule has 0 aliphatic carbocycles. The van der Waals surface area contributed by atoms with Gasteiger partial charge in [0.25, 0.3) is 5.56 Å². The number of hydrogen-bond donors (Lipinski definition) is 2. The molecule has 19 heavy (non-hydrogen) atoms. The van der Waals surface area contributed by atoms with Gasteiger partial charge < -0.3 is 10.1 Å². The van der Waals surface area contributed by atoms with Crippen molar-refractivity contribution >= 4 is 22.6 Å². The Morgan fingerprint density at radius 2 is 2.21 bits per heavy atom. The van der Waals surface area contributed by atoms with E-state index in [9.17, 15) is 14.0 Å².